The monoisotopic (exact) mass is 396 g/mol. The summed E-state index contributed by atoms with van der Waals surface area (Å²) in [5.74, 6) is -1.70. The number of halogens is 3. The summed E-state index contributed by atoms with van der Waals surface area (Å²) >= 11 is 0. The Morgan fingerprint density at radius 3 is 2.50 bits per heavy atom. The molecule has 1 fully saturated rings. The van der Waals surface area contributed by atoms with Gasteiger partial charge in [0.25, 0.3) is 0 Å². The summed E-state index contributed by atoms with van der Waals surface area (Å²) in [5.41, 5.74) is -2.02. The number of benzene rings is 1. The Balaban J connectivity index is 1.89. The molecule has 0 unspecified atom stereocenters. The maximum absolute atomic E-state index is 13.1. The van der Waals surface area contributed by atoms with E-state index < -0.39 is 29.0 Å². The predicted octanol–water partition coefficient (Wildman–Crippen LogP) is 3.65. The zero-order chi connectivity index (χ0) is 20.4. The number of carboxylic acid groups (broad SMARTS) is 1. The number of anilines is 1. The molecule has 0 atom stereocenters. The normalized spacial score (nSPS) is 16.5. The summed E-state index contributed by atoms with van der Waals surface area (Å²) in [7, 11) is 0. The number of alkyl halides is 3. The molecule has 10 heteroatoms. The number of hydrogen-bond donors (Lipinski definition) is 2. The van der Waals surface area contributed by atoms with Gasteiger partial charge in [0.1, 0.15) is 12.7 Å². The topological polar surface area (TPSA) is 97.1 Å². The van der Waals surface area contributed by atoms with Crippen LogP contribution < -0.4 is 5.32 Å². The van der Waals surface area contributed by atoms with Gasteiger partial charge in [-0.2, -0.15) is 18.3 Å². The number of aromatic nitrogens is 3. The molecule has 0 spiro atoms. The Morgan fingerprint density at radius 1 is 1.21 bits per heavy atom. The van der Waals surface area contributed by atoms with E-state index in [1.807, 2.05) is 0 Å². The molecular weight excluding hydrogens is 377 g/mol. The average Bonchev–Trinajstić information content (AvgIpc) is 3.16. The van der Waals surface area contributed by atoms with Crippen LogP contribution in [0.3, 0.4) is 0 Å². The fraction of sp³-hybridized carbons (Fsp3) is 0.444. The zero-order valence-electron chi connectivity index (χ0n) is 14.9. The van der Waals surface area contributed by atoms with Gasteiger partial charge in [0.15, 0.2) is 0 Å². The first-order valence-electron chi connectivity index (χ1n) is 8.81. The third-order valence-corrected chi connectivity index (χ3v) is 5.03. The van der Waals surface area contributed by atoms with Gasteiger partial charge >= 0.3 is 12.1 Å². The molecule has 0 aliphatic heterocycles. The zero-order valence-corrected chi connectivity index (χ0v) is 14.9. The minimum atomic E-state index is -4.59. The lowest BCUT2D eigenvalue weighted by Gasteiger charge is -2.32. The second-order valence-corrected chi connectivity index (χ2v) is 6.94. The number of aliphatic carboxylic acids is 1. The molecule has 2 aromatic rings. The number of hydrogen-bond acceptors (Lipinski definition) is 4. The third kappa shape index (κ3) is 4.15. The number of nitrogens with zero attached hydrogens (tertiary/aromatic N) is 3. The van der Waals surface area contributed by atoms with Crippen LogP contribution in [0.15, 0.2) is 30.9 Å². The maximum atomic E-state index is 13.1. The first-order chi connectivity index (χ1) is 13.2. The van der Waals surface area contributed by atoms with E-state index in [4.69, 9.17) is 0 Å². The van der Waals surface area contributed by atoms with Crippen molar-refractivity contribution in [3.8, 4) is 5.69 Å². The Morgan fingerprint density at radius 2 is 1.93 bits per heavy atom. The third-order valence-electron chi connectivity index (χ3n) is 5.03. The van der Waals surface area contributed by atoms with Gasteiger partial charge < -0.3 is 10.4 Å². The molecule has 1 aliphatic rings. The highest BCUT2D eigenvalue weighted by molar-refractivity contribution is 5.96. The van der Waals surface area contributed by atoms with Crippen LogP contribution in [-0.2, 0) is 15.8 Å². The molecule has 3 rings (SSSR count). The molecule has 1 aliphatic carbocycles. The summed E-state index contributed by atoms with van der Waals surface area (Å²) < 4.78 is 40.5. The second kappa shape index (κ2) is 7.61. The summed E-state index contributed by atoms with van der Waals surface area (Å²) in [5, 5.41) is 15.9. The molecule has 0 saturated heterocycles. The Kier molecular flexibility index (Phi) is 5.39. The fourth-order valence-corrected chi connectivity index (χ4v) is 3.54. The van der Waals surface area contributed by atoms with Gasteiger partial charge in [0, 0.05) is 6.42 Å². The molecular formula is C18H19F3N4O3. The van der Waals surface area contributed by atoms with Crippen LogP contribution in [0.4, 0.5) is 18.9 Å². The van der Waals surface area contributed by atoms with Crippen LogP contribution in [0, 0.1) is 5.41 Å². The van der Waals surface area contributed by atoms with Gasteiger partial charge in [0.2, 0.25) is 5.91 Å². The minimum absolute atomic E-state index is 0.110. The van der Waals surface area contributed by atoms with E-state index in [-0.39, 0.29) is 17.8 Å². The molecule has 150 valence electrons. The van der Waals surface area contributed by atoms with Gasteiger partial charge in [-0.25, -0.2) is 9.67 Å². The smallest absolute Gasteiger partial charge is 0.416 e. The maximum Gasteiger partial charge on any atom is 0.416 e. The van der Waals surface area contributed by atoms with E-state index in [1.54, 1.807) is 0 Å². The van der Waals surface area contributed by atoms with Crippen molar-refractivity contribution in [2.45, 2.75) is 44.7 Å². The lowest BCUT2D eigenvalue weighted by atomic mass is 9.71. The first kappa shape index (κ1) is 19.8. The van der Waals surface area contributed by atoms with Crippen LogP contribution in [0.1, 0.15) is 44.1 Å². The van der Waals surface area contributed by atoms with Crippen molar-refractivity contribution in [3.05, 3.63) is 36.4 Å². The quantitative estimate of drug-likeness (QED) is 0.804. The van der Waals surface area contributed by atoms with Gasteiger partial charge in [-0.15, -0.1) is 0 Å². The van der Waals surface area contributed by atoms with E-state index in [0.717, 1.165) is 18.6 Å². The lowest BCUT2D eigenvalue weighted by molar-refractivity contribution is -0.153. The van der Waals surface area contributed by atoms with Crippen molar-refractivity contribution in [1.82, 2.24) is 14.8 Å². The average molecular weight is 396 g/mol. The standard InChI is InChI=1S/C18H19F3N4O3/c19-18(20,21)12-4-5-14(25-11-22-10-23-25)13(8-12)24-15(26)9-17(16(27)28)6-2-1-3-7-17/h4-5,8,10-11H,1-3,6-7,9H2,(H,24,26)(H,27,28). The molecule has 1 amide bonds. The molecule has 0 bridgehead atoms. The highest BCUT2D eigenvalue weighted by Gasteiger charge is 2.41. The van der Waals surface area contributed by atoms with E-state index >= 15 is 0 Å². The van der Waals surface area contributed by atoms with Crippen molar-refractivity contribution < 1.29 is 27.9 Å². The molecule has 28 heavy (non-hydrogen) atoms. The largest absolute Gasteiger partial charge is 0.481 e. The predicted molar refractivity (Wildman–Crippen MR) is 92.8 cm³/mol. The number of amides is 1. The summed E-state index contributed by atoms with van der Waals surface area (Å²) in [4.78, 5) is 28.1. The SMILES string of the molecule is O=C(CC1(C(=O)O)CCCCC1)Nc1cc(C(F)(F)F)ccc1-n1cncn1. The van der Waals surface area contributed by atoms with Gasteiger partial charge in [-0.1, -0.05) is 19.3 Å². The molecule has 7 nitrogen and oxygen atoms in total. The second-order valence-electron chi connectivity index (χ2n) is 6.94. The highest BCUT2D eigenvalue weighted by atomic mass is 19.4. The van der Waals surface area contributed by atoms with Crippen molar-refractivity contribution in [2.75, 3.05) is 5.32 Å². The highest BCUT2D eigenvalue weighted by Crippen LogP contribution is 2.40. The summed E-state index contributed by atoms with van der Waals surface area (Å²) in [6.07, 6.45) is 0.661. The summed E-state index contributed by atoms with van der Waals surface area (Å²) in [6.45, 7) is 0. The van der Waals surface area contributed by atoms with E-state index in [1.165, 1.54) is 23.4 Å². The van der Waals surface area contributed by atoms with Gasteiger partial charge in [-0.3, -0.25) is 9.59 Å². The van der Waals surface area contributed by atoms with Crippen molar-refractivity contribution in [2.24, 2.45) is 5.41 Å². The van der Waals surface area contributed by atoms with Crippen molar-refractivity contribution in [3.63, 3.8) is 0 Å². The van der Waals surface area contributed by atoms with E-state index in [0.29, 0.717) is 25.7 Å². The Labute approximate surface area is 158 Å². The van der Waals surface area contributed by atoms with Crippen LogP contribution >= 0.6 is 0 Å². The van der Waals surface area contributed by atoms with Gasteiger partial charge in [-0.05, 0) is 31.0 Å². The number of carboxylic acids is 1. The number of rotatable bonds is 5. The van der Waals surface area contributed by atoms with Crippen molar-refractivity contribution in [1.29, 1.82) is 0 Å². The minimum Gasteiger partial charge on any atom is -0.481 e. The van der Waals surface area contributed by atoms with E-state index in [9.17, 15) is 27.9 Å². The van der Waals surface area contributed by atoms with Crippen LogP contribution in [-0.4, -0.2) is 31.7 Å². The first-order valence-corrected chi connectivity index (χ1v) is 8.81. The van der Waals surface area contributed by atoms with Gasteiger partial charge in [0.05, 0.1) is 22.4 Å². The number of carbonyl (C=O) groups is 2. The molecule has 1 heterocycles. The lowest BCUT2D eigenvalue weighted by Crippen LogP contribution is -2.37. The van der Waals surface area contributed by atoms with E-state index in [2.05, 4.69) is 15.4 Å². The van der Waals surface area contributed by atoms with Crippen molar-refractivity contribution >= 4 is 17.6 Å². The van der Waals surface area contributed by atoms with Crippen LogP contribution in [0.25, 0.3) is 5.69 Å². The molecule has 1 aromatic carbocycles. The van der Waals surface area contributed by atoms with Crippen LogP contribution in [0.2, 0.25) is 0 Å². The Bertz CT molecular complexity index is 859. The number of nitrogens with one attached hydrogen (secondary N) is 1. The number of carbonyl (C=O) groups excluding carboxylic acids is 1. The molecule has 0 radical (unpaired) electrons. The Hall–Kier alpha value is -2.91. The molecule has 1 aromatic heterocycles. The fourth-order valence-electron chi connectivity index (χ4n) is 3.54. The summed E-state index contributed by atoms with van der Waals surface area (Å²) in [6, 6.07) is 2.87. The van der Waals surface area contributed by atoms with Crippen LogP contribution in [0.5, 0.6) is 0 Å². The molecule has 2 N–H and O–H groups in total. The molecule has 1 saturated carbocycles.